The number of hydrogen-bond donors (Lipinski definition) is 2. The molecule has 0 aliphatic heterocycles. The number of rotatable bonds is 5. The summed E-state index contributed by atoms with van der Waals surface area (Å²) in [4.78, 5) is 16.5. The molecule has 0 fully saturated rings. The standard InChI is InChI=1S/C5H7F6O3P/c6-1-4(8,9)3(15(12,13)14)5(10,11)2-7/h3H,1-2H2,(H2,12,13,14). The van der Waals surface area contributed by atoms with E-state index in [4.69, 9.17) is 9.79 Å². The van der Waals surface area contributed by atoms with Gasteiger partial charge in [0, 0.05) is 0 Å². The third kappa shape index (κ3) is 3.35. The van der Waals surface area contributed by atoms with Crippen molar-refractivity contribution in [1.82, 2.24) is 0 Å². The average Bonchev–Trinajstić information content (AvgIpc) is 2.00. The van der Waals surface area contributed by atoms with E-state index in [-0.39, 0.29) is 0 Å². The molecule has 0 rings (SSSR count). The van der Waals surface area contributed by atoms with Crippen molar-refractivity contribution < 1.29 is 40.7 Å². The summed E-state index contributed by atoms with van der Waals surface area (Å²) in [6.45, 7) is -5.42. The van der Waals surface area contributed by atoms with Crippen molar-refractivity contribution >= 4 is 7.60 Å². The van der Waals surface area contributed by atoms with Crippen LogP contribution in [0.25, 0.3) is 0 Å². The van der Waals surface area contributed by atoms with Crippen molar-refractivity contribution in [2.24, 2.45) is 0 Å². The van der Waals surface area contributed by atoms with E-state index < -0.39 is 38.4 Å². The Hall–Kier alpha value is -0.270. The Balaban J connectivity index is 5.37. The fourth-order valence-corrected chi connectivity index (χ4v) is 2.07. The van der Waals surface area contributed by atoms with Crippen LogP contribution in [-0.4, -0.2) is 40.6 Å². The highest BCUT2D eigenvalue weighted by atomic mass is 31.2. The fraction of sp³-hybridized carbons (Fsp3) is 1.00. The van der Waals surface area contributed by atoms with E-state index in [1.807, 2.05) is 0 Å². The first-order valence-electron chi connectivity index (χ1n) is 3.42. The van der Waals surface area contributed by atoms with Gasteiger partial charge >= 0.3 is 7.60 Å². The van der Waals surface area contributed by atoms with Gasteiger partial charge in [0.25, 0.3) is 11.8 Å². The first-order valence-corrected chi connectivity index (χ1v) is 5.10. The molecule has 0 unspecified atom stereocenters. The van der Waals surface area contributed by atoms with Crippen molar-refractivity contribution in [2.45, 2.75) is 17.5 Å². The van der Waals surface area contributed by atoms with Crippen LogP contribution in [-0.2, 0) is 4.57 Å². The second kappa shape index (κ2) is 4.31. The Morgan fingerprint density at radius 3 is 1.40 bits per heavy atom. The lowest BCUT2D eigenvalue weighted by Gasteiger charge is -2.30. The van der Waals surface area contributed by atoms with E-state index in [1.54, 1.807) is 0 Å². The van der Waals surface area contributed by atoms with Gasteiger partial charge in [-0.15, -0.1) is 0 Å². The summed E-state index contributed by atoms with van der Waals surface area (Å²) >= 11 is 0. The summed E-state index contributed by atoms with van der Waals surface area (Å²) in [5.74, 6) is -9.98. The second-order valence-electron chi connectivity index (χ2n) is 2.78. The minimum absolute atomic E-state index is 2.71. The van der Waals surface area contributed by atoms with Crippen molar-refractivity contribution in [3.05, 3.63) is 0 Å². The van der Waals surface area contributed by atoms with Gasteiger partial charge in [-0.25, -0.2) is 26.3 Å². The molecule has 3 nitrogen and oxygen atoms in total. The Kier molecular flexibility index (Phi) is 4.23. The van der Waals surface area contributed by atoms with E-state index in [9.17, 15) is 30.9 Å². The maximum absolute atomic E-state index is 12.5. The van der Waals surface area contributed by atoms with Crippen molar-refractivity contribution in [3.63, 3.8) is 0 Å². The number of alkyl halides is 6. The topological polar surface area (TPSA) is 57.5 Å². The van der Waals surface area contributed by atoms with Crippen LogP contribution in [0.15, 0.2) is 0 Å². The molecule has 0 aromatic rings. The Morgan fingerprint density at radius 1 is 1.00 bits per heavy atom. The van der Waals surface area contributed by atoms with E-state index in [0.29, 0.717) is 0 Å². The van der Waals surface area contributed by atoms with Gasteiger partial charge in [-0.1, -0.05) is 0 Å². The lowest BCUT2D eigenvalue weighted by Crippen LogP contribution is -2.49. The van der Waals surface area contributed by atoms with Gasteiger partial charge < -0.3 is 9.79 Å². The van der Waals surface area contributed by atoms with Crippen LogP contribution in [0.3, 0.4) is 0 Å². The molecule has 0 atom stereocenters. The lowest BCUT2D eigenvalue weighted by molar-refractivity contribution is -0.127. The Bertz CT molecular complexity index is 247. The predicted molar refractivity (Wildman–Crippen MR) is 37.7 cm³/mol. The van der Waals surface area contributed by atoms with E-state index >= 15 is 0 Å². The number of hydrogen-bond acceptors (Lipinski definition) is 1. The number of halogens is 6. The molecule has 15 heavy (non-hydrogen) atoms. The van der Waals surface area contributed by atoms with E-state index in [2.05, 4.69) is 0 Å². The molecule has 0 bridgehead atoms. The summed E-state index contributed by atoms with van der Waals surface area (Å²) in [6.07, 6.45) is 0. The van der Waals surface area contributed by atoms with Crippen LogP contribution >= 0.6 is 7.60 Å². The second-order valence-corrected chi connectivity index (χ2v) is 4.48. The molecule has 0 heterocycles. The Morgan fingerprint density at radius 2 is 1.27 bits per heavy atom. The molecule has 92 valence electrons. The van der Waals surface area contributed by atoms with Crippen molar-refractivity contribution in [2.75, 3.05) is 13.3 Å². The molecular weight excluding hydrogens is 253 g/mol. The van der Waals surface area contributed by atoms with Crippen molar-refractivity contribution in [1.29, 1.82) is 0 Å². The third-order valence-corrected chi connectivity index (χ3v) is 2.92. The van der Waals surface area contributed by atoms with Crippen LogP contribution in [0.5, 0.6) is 0 Å². The maximum Gasteiger partial charge on any atom is 0.341 e. The smallest absolute Gasteiger partial charge is 0.324 e. The first-order chi connectivity index (χ1) is 6.49. The SMILES string of the molecule is O=P(O)(O)C(C(F)(F)CF)C(F)(F)CF. The van der Waals surface area contributed by atoms with Crippen LogP contribution in [0.1, 0.15) is 0 Å². The summed E-state index contributed by atoms with van der Waals surface area (Å²) in [5, 5.41) is 0. The third-order valence-electron chi connectivity index (χ3n) is 1.49. The highest BCUT2D eigenvalue weighted by molar-refractivity contribution is 7.52. The van der Waals surface area contributed by atoms with Gasteiger partial charge in [-0.2, -0.15) is 0 Å². The molecule has 2 N–H and O–H groups in total. The van der Waals surface area contributed by atoms with Gasteiger partial charge in [0.05, 0.1) is 0 Å². The lowest BCUT2D eigenvalue weighted by atomic mass is 10.1. The van der Waals surface area contributed by atoms with Gasteiger partial charge in [0.1, 0.15) is 0 Å². The molecule has 0 radical (unpaired) electrons. The molecule has 0 amide bonds. The molecule has 0 saturated heterocycles. The van der Waals surface area contributed by atoms with Crippen LogP contribution in [0.4, 0.5) is 26.3 Å². The van der Waals surface area contributed by atoms with Crippen LogP contribution in [0.2, 0.25) is 0 Å². The highest BCUT2D eigenvalue weighted by Gasteiger charge is 2.63. The zero-order valence-electron chi connectivity index (χ0n) is 7.01. The Labute approximate surface area is 80.2 Å². The normalized spacial score (nSPS) is 14.7. The van der Waals surface area contributed by atoms with Crippen LogP contribution in [0, 0.1) is 0 Å². The average molecular weight is 260 g/mol. The van der Waals surface area contributed by atoms with Gasteiger partial charge in [-0.05, 0) is 0 Å². The van der Waals surface area contributed by atoms with Gasteiger partial charge in [-0.3, -0.25) is 4.57 Å². The largest absolute Gasteiger partial charge is 0.341 e. The zero-order valence-corrected chi connectivity index (χ0v) is 7.90. The quantitative estimate of drug-likeness (QED) is 0.584. The molecule has 0 spiro atoms. The molecule has 0 aromatic carbocycles. The summed E-state index contributed by atoms with van der Waals surface area (Å²) < 4.78 is 83.6. The van der Waals surface area contributed by atoms with Crippen molar-refractivity contribution in [3.8, 4) is 0 Å². The first kappa shape index (κ1) is 14.7. The van der Waals surface area contributed by atoms with E-state index in [1.165, 1.54) is 0 Å². The molecule has 0 saturated carbocycles. The monoisotopic (exact) mass is 260 g/mol. The molecule has 0 aliphatic carbocycles. The molecule has 0 aromatic heterocycles. The highest BCUT2D eigenvalue weighted by Crippen LogP contribution is 2.55. The minimum atomic E-state index is -6.03. The molecule has 10 heteroatoms. The molecule has 0 aliphatic rings. The maximum atomic E-state index is 12.5. The summed E-state index contributed by atoms with van der Waals surface area (Å²) in [7, 11) is -6.03. The zero-order chi connectivity index (χ0) is 12.5. The molecular formula is C5H7F6O3P. The predicted octanol–water partition coefficient (Wildman–Crippen LogP) is 1.74. The minimum Gasteiger partial charge on any atom is -0.324 e. The van der Waals surface area contributed by atoms with E-state index in [0.717, 1.165) is 0 Å². The summed E-state index contributed by atoms with van der Waals surface area (Å²) in [5.41, 5.74) is -3.99. The van der Waals surface area contributed by atoms with Gasteiger partial charge in [0.2, 0.25) is 0 Å². The van der Waals surface area contributed by atoms with Gasteiger partial charge in [0.15, 0.2) is 19.0 Å². The summed E-state index contributed by atoms with van der Waals surface area (Å²) in [6, 6.07) is 0. The van der Waals surface area contributed by atoms with Crippen LogP contribution < -0.4 is 0 Å². The fourth-order valence-electron chi connectivity index (χ4n) is 0.947.